The molecule has 3 rings (SSSR count). The van der Waals surface area contributed by atoms with Crippen LogP contribution in [0, 0.1) is 5.92 Å². The Hall–Kier alpha value is -3.17. The molecule has 0 radical (unpaired) electrons. The van der Waals surface area contributed by atoms with E-state index in [-0.39, 0.29) is 23.4 Å². The number of carbonyl (C=O) groups is 2. The highest BCUT2D eigenvalue weighted by atomic mass is 19.4. The number of nitrogens with one attached hydrogen (secondary N) is 2. The number of alkyl halides is 3. The fraction of sp³-hybridized carbons (Fsp3) is 0.368. The normalized spacial score (nSPS) is 14.8. The van der Waals surface area contributed by atoms with E-state index < -0.39 is 24.7 Å². The highest BCUT2D eigenvalue weighted by molar-refractivity contribution is 5.93. The largest absolute Gasteiger partial charge is 0.468 e. The van der Waals surface area contributed by atoms with Gasteiger partial charge in [0.15, 0.2) is 6.61 Å². The first kappa shape index (κ1) is 20.6. The molecule has 29 heavy (non-hydrogen) atoms. The van der Waals surface area contributed by atoms with Crippen molar-refractivity contribution >= 4 is 17.6 Å². The van der Waals surface area contributed by atoms with Crippen molar-refractivity contribution in [3.63, 3.8) is 0 Å². The third kappa shape index (κ3) is 6.16. The van der Waals surface area contributed by atoms with Crippen molar-refractivity contribution in [1.29, 1.82) is 0 Å². The Morgan fingerprint density at radius 1 is 1.28 bits per heavy atom. The molecule has 10 heteroatoms. The molecule has 7 nitrogen and oxygen atoms in total. The Kier molecular flexibility index (Phi) is 6.00. The van der Waals surface area contributed by atoms with Gasteiger partial charge in [-0.05, 0) is 43.5 Å². The molecule has 0 aromatic carbocycles. The van der Waals surface area contributed by atoms with Crippen molar-refractivity contribution in [3.05, 3.63) is 47.8 Å². The van der Waals surface area contributed by atoms with Gasteiger partial charge < -0.3 is 15.4 Å². The lowest BCUT2D eigenvalue weighted by molar-refractivity contribution is -0.154. The first-order valence-corrected chi connectivity index (χ1v) is 8.95. The summed E-state index contributed by atoms with van der Waals surface area (Å²) in [5.74, 6) is -0.519. The van der Waals surface area contributed by atoms with E-state index in [2.05, 4.69) is 25.3 Å². The van der Waals surface area contributed by atoms with Gasteiger partial charge in [-0.2, -0.15) is 13.2 Å². The van der Waals surface area contributed by atoms with E-state index in [1.165, 1.54) is 24.4 Å². The van der Waals surface area contributed by atoms with Crippen LogP contribution in [0.4, 0.5) is 19.0 Å². The number of carbonyl (C=O) groups excluding carboxylic acids is 2. The molecule has 0 spiro atoms. The average molecular weight is 408 g/mol. The van der Waals surface area contributed by atoms with Gasteiger partial charge in [0.25, 0.3) is 5.91 Å². The summed E-state index contributed by atoms with van der Waals surface area (Å²) in [5, 5.41) is 5.44. The van der Waals surface area contributed by atoms with E-state index >= 15 is 0 Å². The number of hydrogen-bond donors (Lipinski definition) is 2. The molecule has 1 saturated carbocycles. The summed E-state index contributed by atoms with van der Waals surface area (Å²) >= 11 is 0. The van der Waals surface area contributed by atoms with Crippen LogP contribution in [0.5, 0.6) is 5.88 Å². The first-order chi connectivity index (χ1) is 13.7. The first-order valence-electron chi connectivity index (χ1n) is 8.95. The van der Waals surface area contributed by atoms with Crippen LogP contribution >= 0.6 is 0 Å². The van der Waals surface area contributed by atoms with Gasteiger partial charge in [0, 0.05) is 18.2 Å². The fourth-order valence-corrected chi connectivity index (χ4v) is 2.49. The number of amides is 2. The highest BCUT2D eigenvalue weighted by Crippen LogP contribution is 2.30. The Bertz CT molecular complexity index is 900. The maximum absolute atomic E-state index is 12.4. The Morgan fingerprint density at radius 2 is 2.03 bits per heavy atom. The molecule has 1 aliphatic carbocycles. The summed E-state index contributed by atoms with van der Waals surface area (Å²) in [5.41, 5.74) is 0.622. The summed E-state index contributed by atoms with van der Waals surface area (Å²) < 4.78 is 41.3. The van der Waals surface area contributed by atoms with Gasteiger partial charge in [0.2, 0.25) is 11.8 Å². The van der Waals surface area contributed by atoms with Crippen LogP contribution in [0.25, 0.3) is 0 Å². The minimum Gasteiger partial charge on any atom is -0.468 e. The molecular weight excluding hydrogens is 389 g/mol. The number of hydrogen-bond acceptors (Lipinski definition) is 5. The Labute approximate surface area is 164 Å². The van der Waals surface area contributed by atoms with Crippen molar-refractivity contribution in [2.75, 3.05) is 11.9 Å². The van der Waals surface area contributed by atoms with Gasteiger partial charge in [-0.15, -0.1) is 0 Å². The quantitative estimate of drug-likeness (QED) is 0.734. The molecule has 1 aliphatic rings. The Balaban J connectivity index is 1.62. The zero-order valence-corrected chi connectivity index (χ0v) is 15.5. The minimum absolute atomic E-state index is 0.0375. The van der Waals surface area contributed by atoms with Crippen molar-refractivity contribution in [2.24, 2.45) is 5.92 Å². The third-order valence-corrected chi connectivity index (χ3v) is 4.17. The van der Waals surface area contributed by atoms with Crippen LogP contribution in [0.2, 0.25) is 0 Å². The Morgan fingerprint density at radius 3 is 2.72 bits per heavy atom. The molecule has 2 N–H and O–H groups in total. The zero-order valence-electron chi connectivity index (χ0n) is 15.5. The van der Waals surface area contributed by atoms with Crippen LogP contribution in [0.1, 0.15) is 41.9 Å². The number of halogens is 3. The van der Waals surface area contributed by atoms with Gasteiger partial charge in [-0.1, -0.05) is 6.07 Å². The molecular formula is C19H19F3N4O3. The fourth-order valence-electron chi connectivity index (χ4n) is 2.49. The molecule has 0 aliphatic heterocycles. The predicted molar refractivity (Wildman–Crippen MR) is 97.3 cm³/mol. The van der Waals surface area contributed by atoms with Crippen LogP contribution in [-0.2, 0) is 4.79 Å². The maximum Gasteiger partial charge on any atom is 0.422 e. The number of rotatable bonds is 7. The molecule has 2 aromatic rings. The predicted octanol–water partition coefficient (Wildman–Crippen LogP) is 3.26. The molecule has 2 heterocycles. The highest BCUT2D eigenvalue weighted by Gasteiger charge is 2.30. The number of ether oxygens (including phenoxy) is 1. The SMILES string of the molecule is CC(NC(=O)c1cccc(OCC(F)(F)F)n1)c1ccnc(NC(=O)C2CC2)c1. The maximum atomic E-state index is 12.4. The second-order valence-electron chi connectivity index (χ2n) is 6.70. The number of nitrogens with zero attached hydrogens (tertiary/aromatic N) is 2. The van der Waals surface area contributed by atoms with E-state index in [4.69, 9.17) is 0 Å². The van der Waals surface area contributed by atoms with Crippen LogP contribution in [0.15, 0.2) is 36.5 Å². The molecule has 2 aromatic heterocycles. The van der Waals surface area contributed by atoms with Crippen LogP contribution < -0.4 is 15.4 Å². The van der Waals surface area contributed by atoms with Crippen molar-refractivity contribution in [3.8, 4) is 5.88 Å². The molecule has 1 unspecified atom stereocenters. The average Bonchev–Trinajstić information content (AvgIpc) is 3.51. The standard InChI is InChI=1S/C19H19F3N4O3/c1-11(13-7-8-23-15(9-13)26-17(27)12-5-6-12)24-18(28)14-3-2-4-16(25-14)29-10-19(20,21)22/h2-4,7-9,11-12H,5-6,10H2,1H3,(H,24,28)(H,23,26,27). The van der Waals surface area contributed by atoms with Crippen LogP contribution in [0.3, 0.4) is 0 Å². The summed E-state index contributed by atoms with van der Waals surface area (Å²) in [7, 11) is 0. The minimum atomic E-state index is -4.50. The molecule has 0 saturated heterocycles. The van der Waals surface area contributed by atoms with E-state index in [9.17, 15) is 22.8 Å². The lowest BCUT2D eigenvalue weighted by atomic mass is 10.1. The second kappa shape index (κ2) is 8.46. The number of pyridine rings is 2. The van der Waals surface area contributed by atoms with E-state index in [0.717, 1.165) is 12.8 Å². The van der Waals surface area contributed by atoms with Crippen molar-refractivity contribution in [2.45, 2.75) is 32.0 Å². The van der Waals surface area contributed by atoms with Gasteiger partial charge in [0.1, 0.15) is 11.5 Å². The number of anilines is 1. The smallest absolute Gasteiger partial charge is 0.422 e. The topological polar surface area (TPSA) is 93.2 Å². The van der Waals surface area contributed by atoms with E-state index in [1.54, 1.807) is 19.1 Å². The number of aromatic nitrogens is 2. The zero-order chi connectivity index (χ0) is 21.0. The molecule has 0 bridgehead atoms. The molecule has 2 amide bonds. The molecule has 1 atom stereocenters. The second-order valence-corrected chi connectivity index (χ2v) is 6.70. The third-order valence-electron chi connectivity index (χ3n) is 4.17. The lowest BCUT2D eigenvalue weighted by Gasteiger charge is -2.15. The van der Waals surface area contributed by atoms with Crippen molar-refractivity contribution < 1.29 is 27.5 Å². The van der Waals surface area contributed by atoms with E-state index in [0.29, 0.717) is 11.4 Å². The van der Waals surface area contributed by atoms with Gasteiger partial charge in [-0.25, -0.2) is 9.97 Å². The summed E-state index contributed by atoms with van der Waals surface area (Å²) in [6, 6.07) is 6.88. The van der Waals surface area contributed by atoms with Crippen LogP contribution in [-0.4, -0.2) is 34.6 Å². The van der Waals surface area contributed by atoms with Crippen molar-refractivity contribution in [1.82, 2.24) is 15.3 Å². The molecule has 154 valence electrons. The van der Waals surface area contributed by atoms with E-state index in [1.807, 2.05) is 0 Å². The lowest BCUT2D eigenvalue weighted by Crippen LogP contribution is -2.28. The summed E-state index contributed by atoms with van der Waals surface area (Å²) in [6.45, 7) is 0.234. The monoisotopic (exact) mass is 408 g/mol. The van der Waals surface area contributed by atoms with Gasteiger partial charge in [0.05, 0.1) is 6.04 Å². The van der Waals surface area contributed by atoms with Gasteiger partial charge in [-0.3, -0.25) is 9.59 Å². The molecule has 1 fully saturated rings. The summed E-state index contributed by atoms with van der Waals surface area (Å²) in [6.07, 6.45) is -1.24. The summed E-state index contributed by atoms with van der Waals surface area (Å²) in [4.78, 5) is 32.2. The van der Waals surface area contributed by atoms with Gasteiger partial charge >= 0.3 is 6.18 Å².